The molecule has 0 atom stereocenters. The van der Waals surface area contributed by atoms with Crippen molar-refractivity contribution in [3.63, 3.8) is 0 Å². The van der Waals surface area contributed by atoms with Gasteiger partial charge >= 0.3 is 0 Å². The van der Waals surface area contributed by atoms with Gasteiger partial charge in [0.1, 0.15) is 11.4 Å². The molecule has 0 saturated heterocycles. The zero-order valence-electron chi connectivity index (χ0n) is 17.4. The molecule has 1 aliphatic rings. The third-order valence-electron chi connectivity index (χ3n) is 5.32. The fraction of sp³-hybridized carbons (Fsp3) is 0.120. The monoisotopic (exact) mass is 432 g/mol. The second-order valence-corrected chi connectivity index (χ2v) is 7.76. The summed E-state index contributed by atoms with van der Waals surface area (Å²) in [5.41, 5.74) is 4.59. The van der Waals surface area contributed by atoms with E-state index in [0.29, 0.717) is 27.6 Å². The average molecular weight is 433 g/mol. The normalized spacial score (nSPS) is 13.7. The predicted molar refractivity (Wildman–Crippen MR) is 123 cm³/mol. The molecule has 6 heteroatoms. The standard InChI is InChI=1S/C25H21ClN2O3/c1-15-4-9-19(14-16(15)2)27-23-22(17-5-12-21(31-3)13-6-17)24(29)28(25(23)30)20-10-7-18(26)8-11-20/h4-14,27H,1-3H3. The van der Waals surface area contributed by atoms with Crippen molar-refractivity contribution in [2.75, 3.05) is 17.3 Å². The first-order valence-electron chi connectivity index (χ1n) is 9.76. The van der Waals surface area contributed by atoms with Crippen LogP contribution in [0.25, 0.3) is 5.57 Å². The van der Waals surface area contributed by atoms with E-state index in [1.54, 1.807) is 55.6 Å². The molecule has 1 N–H and O–H groups in total. The molecular weight excluding hydrogens is 412 g/mol. The maximum absolute atomic E-state index is 13.4. The maximum Gasteiger partial charge on any atom is 0.282 e. The number of aryl methyl sites for hydroxylation is 2. The van der Waals surface area contributed by atoms with Gasteiger partial charge in [0.15, 0.2) is 0 Å². The van der Waals surface area contributed by atoms with Crippen LogP contribution in [-0.2, 0) is 9.59 Å². The highest BCUT2D eigenvalue weighted by atomic mass is 35.5. The summed E-state index contributed by atoms with van der Waals surface area (Å²) in [7, 11) is 1.58. The van der Waals surface area contributed by atoms with Gasteiger partial charge in [0, 0.05) is 10.7 Å². The number of benzene rings is 3. The summed E-state index contributed by atoms with van der Waals surface area (Å²) in [4.78, 5) is 28.0. The first-order valence-corrected chi connectivity index (χ1v) is 10.1. The van der Waals surface area contributed by atoms with Gasteiger partial charge in [-0.2, -0.15) is 0 Å². The van der Waals surface area contributed by atoms with Gasteiger partial charge in [-0.05, 0) is 79.1 Å². The highest BCUT2D eigenvalue weighted by Gasteiger charge is 2.40. The molecule has 0 unspecified atom stereocenters. The van der Waals surface area contributed by atoms with Crippen molar-refractivity contribution in [2.45, 2.75) is 13.8 Å². The second kappa shape index (κ2) is 8.28. The summed E-state index contributed by atoms with van der Waals surface area (Å²) in [6.07, 6.45) is 0. The molecule has 0 saturated carbocycles. The van der Waals surface area contributed by atoms with E-state index in [9.17, 15) is 9.59 Å². The van der Waals surface area contributed by atoms with Gasteiger partial charge < -0.3 is 10.1 Å². The molecule has 5 nitrogen and oxygen atoms in total. The van der Waals surface area contributed by atoms with Gasteiger partial charge in [0.25, 0.3) is 11.8 Å². The molecule has 0 bridgehead atoms. The molecule has 3 aromatic rings. The molecule has 0 aromatic heterocycles. The van der Waals surface area contributed by atoms with Crippen molar-refractivity contribution in [3.8, 4) is 5.75 Å². The summed E-state index contributed by atoms with van der Waals surface area (Å²) < 4.78 is 5.22. The lowest BCUT2D eigenvalue weighted by molar-refractivity contribution is -0.120. The van der Waals surface area contributed by atoms with Crippen molar-refractivity contribution >= 4 is 40.4 Å². The quantitative estimate of drug-likeness (QED) is 0.551. The minimum Gasteiger partial charge on any atom is -0.497 e. The summed E-state index contributed by atoms with van der Waals surface area (Å²) >= 11 is 5.98. The number of carbonyl (C=O) groups is 2. The van der Waals surface area contributed by atoms with E-state index in [-0.39, 0.29) is 5.70 Å². The Morgan fingerprint density at radius 2 is 1.52 bits per heavy atom. The summed E-state index contributed by atoms with van der Waals surface area (Å²) in [5.74, 6) is -0.153. The zero-order chi connectivity index (χ0) is 22.1. The first kappa shape index (κ1) is 20.7. The lowest BCUT2D eigenvalue weighted by Gasteiger charge is -2.15. The van der Waals surface area contributed by atoms with E-state index in [1.165, 1.54) is 4.90 Å². The van der Waals surface area contributed by atoms with Crippen LogP contribution in [0.3, 0.4) is 0 Å². The Balaban J connectivity index is 1.81. The van der Waals surface area contributed by atoms with Crippen molar-refractivity contribution in [2.24, 2.45) is 0 Å². The molecule has 1 heterocycles. The van der Waals surface area contributed by atoms with E-state index in [0.717, 1.165) is 16.8 Å². The molecule has 0 radical (unpaired) electrons. The number of ether oxygens (including phenoxy) is 1. The smallest absolute Gasteiger partial charge is 0.282 e. The van der Waals surface area contributed by atoms with E-state index in [1.807, 2.05) is 32.0 Å². The Labute approximate surface area is 185 Å². The number of hydrogen-bond acceptors (Lipinski definition) is 4. The van der Waals surface area contributed by atoms with Crippen molar-refractivity contribution in [1.82, 2.24) is 0 Å². The number of rotatable bonds is 5. The summed E-state index contributed by atoms with van der Waals surface area (Å²) in [6, 6.07) is 19.5. The van der Waals surface area contributed by atoms with E-state index in [2.05, 4.69) is 5.32 Å². The Morgan fingerprint density at radius 3 is 2.13 bits per heavy atom. The third-order valence-corrected chi connectivity index (χ3v) is 5.58. The Morgan fingerprint density at radius 1 is 0.839 bits per heavy atom. The number of methoxy groups -OCH3 is 1. The topological polar surface area (TPSA) is 58.6 Å². The largest absolute Gasteiger partial charge is 0.497 e. The molecule has 3 aromatic carbocycles. The van der Waals surface area contributed by atoms with Gasteiger partial charge in [0.05, 0.1) is 18.4 Å². The molecule has 4 rings (SSSR count). The zero-order valence-corrected chi connectivity index (χ0v) is 18.2. The molecule has 2 amide bonds. The summed E-state index contributed by atoms with van der Waals surface area (Å²) in [5, 5.41) is 3.72. The predicted octanol–water partition coefficient (Wildman–Crippen LogP) is 5.36. The minimum atomic E-state index is -0.420. The fourth-order valence-corrected chi connectivity index (χ4v) is 3.59. The number of hydrogen-bond donors (Lipinski definition) is 1. The van der Waals surface area contributed by atoms with Crippen LogP contribution in [0.15, 0.2) is 72.4 Å². The highest BCUT2D eigenvalue weighted by Crippen LogP contribution is 2.35. The van der Waals surface area contributed by atoms with Crippen LogP contribution in [0.2, 0.25) is 5.02 Å². The maximum atomic E-state index is 13.4. The van der Waals surface area contributed by atoms with Crippen molar-refractivity contribution in [3.05, 3.63) is 94.1 Å². The fourth-order valence-electron chi connectivity index (χ4n) is 3.46. The Hall–Kier alpha value is -3.57. The third kappa shape index (κ3) is 3.92. The lowest BCUT2D eigenvalue weighted by atomic mass is 10.0. The Kier molecular flexibility index (Phi) is 5.53. The number of nitrogens with zero attached hydrogens (tertiary/aromatic N) is 1. The number of nitrogens with one attached hydrogen (secondary N) is 1. The number of anilines is 2. The van der Waals surface area contributed by atoms with Gasteiger partial charge in [-0.3, -0.25) is 9.59 Å². The number of imide groups is 1. The molecule has 0 spiro atoms. The lowest BCUT2D eigenvalue weighted by Crippen LogP contribution is -2.32. The van der Waals surface area contributed by atoms with Crippen LogP contribution in [-0.4, -0.2) is 18.9 Å². The van der Waals surface area contributed by atoms with Crippen LogP contribution in [0.4, 0.5) is 11.4 Å². The molecule has 0 aliphatic carbocycles. The summed E-state index contributed by atoms with van der Waals surface area (Å²) in [6.45, 7) is 4.02. The highest BCUT2D eigenvalue weighted by molar-refractivity contribution is 6.46. The minimum absolute atomic E-state index is 0.230. The first-order chi connectivity index (χ1) is 14.9. The second-order valence-electron chi connectivity index (χ2n) is 7.32. The molecule has 156 valence electrons. The van der Waals surface area contributed by atoms with Gasteiger partial charge in [0.2, 0.25) is 0 Å². The SMILES string of the molecule is COc1ccc(C2=C(Nc3ccc(C)c(C)c3)C(=O)N(c3ccc(Cl)cc3)C2=O)cc1. The van der Waals surface area contributed by atoms with Gasteiger partial charge in [-0.1, -0.05) is 29.8 Å². The molecular formula is C25H21ClN2O3. The molecule has 0 fully saturated rings. The van der Waals surface area contributed by atoms with Crippen LogP contribution in [0.5, 0.6) is 5.75 Å². The van der Waals surface area contributed by atoms with Gasteiger partial charge in [-0.25, -0.2) is 4.90 Å². The molecule has 1 aliphatic heterocycles. The van der Waals surface area contributed by atoms with E-state index >= 15 is 0 Å². The van der Waals surface area contributed by atoms with E-state index in [4.69, 9.17) is 16.3 Å². The average Bonchev–Trinajstić information content (AvgIpc) is 3.01. The van der Waals surface area contributed by atoms with Crippen LogP contribution in [0, 0.1) is 13.8 Å². The van der Waals surface area contributed by atoms with Crippen LogP contribution >= 0.6 is 11.6 Å². The van der Waals surface area contributed by atoms with Gasteiger partial charge in [-0.15, -0.1) is 0 Å². The van der Waals surface area contributed by atoms with E-state index < -0.39 is 11.8 Å². The Bertz CT molecular complexity index is 1200. The van der Waals surface area contributed by atoms with Crippen LogP contribution < -0.4 is 15.0 Å². The van der Waals surface area contributed by atoms with Crippen molar-refractivity contribution < 1.29 is 14.3 Å². The van der Waals surface area contributed by atoms with Crippen LogP contribution in [0.1, 0.15) is 16.7 Å². The number of halogens is 1. The number of carbonyl (C=O) groups excluding carboxylic acids is 2. The molecule has 31 heavy (non-hydrogen) atoms. The van der Waals surface area contributed by atoms with Crippen molar-refractivity contribution in [1.29, 1.82) is 0 Å². The number of amides is 2.